The van der Waals surface area contributed by atoms with Gasteiger partial charge in [-0.3, -0.25) is 0 Å². The van der Waals surface area contributed by atoms with Crippen molar-refractivity contribution in [2.24, 2.45) is 0 Å². The van der Waals surface area contributed by atoms with E-state index in [9.17, 15) is 0 Å². The third kappa shape index (κ3) is 5.05. The number of anilines is 6. The van der Waals surface area contributed by atoms with E-state index in [-0.39, 0.29) is 28.4 Å². The highest BCUT2D eigenvalue weighted by atomic mass is 32.1. The molecule has 0 saturated carbocycles. The Morgan fingerprint density at radius 2 is 1.04 bits per heavy atom. The highest BCUT2D eigenvalue weighted by molar-refractivity contribution is 7.33. The van der Waals surface area contributed by atoms with E-state index in [0.717, 1.165) is 0 Å². The molecule has 4 aliphatic rings. The molecule has 0 atom stereocenters. The molecule has 2 nitrogen and oxygen atoms in total. The highest BCUT2D eigenvalue weighted by Crippen LogP contribution is 2.53. The molecule has 3 heterocycles. The molecule has 278 valence electrons. The molecule has 0 unspecified atom stereocenters. The second-order valence-electron chi connectivity index (χ2n) is 20.2. The van der Waals surface area contributed by atoms with E-state index in [4.69, 9.17) is 0 Å². The first-order valence-corrected chi connectivity index (χ1v) is 21.5. The summed E-state index contributed by atoms with van der Waals surface area (Å²) in [4.78, 5) is 5.29. The maximum atomic E-state index is 2.68. The molecule has 6 aromatic rings. The maximum absolute atomic E-state index is 2.68. The normalized spacial score (nSPS) is 19.4. The monoisotopic (exact) mass is 738 g/mol. The van der Waals surface area contributed by atoms with Crippen LogP contribution in [0.15, 0.2) is 84.9 Å². The third-order valence-corrected chi connectivity index (χ3v) is 15.5. The van der Waals surface area contributed by atoms with E-state index in [1.807, 2.05) is 11.3 Å². The minimum atomic E-state index is 0.0978. The molecule has 1 aromatic heterocycles. The molecule has 0 saturated heterocycles. The predicted molar refractivity (Wildman–Crippen MR) is 241 cm³/mol. The van der Waals surface area contributed by atoms with Crippen molar-refractivity contribution >= 4 is 78.0 Å². The minimum absolute atomic E-state index is 0.0978. The van der Waals surface area contributed by atoms with Crippen LogP contribution in [0.3, 0.4) is 0 Å². The Morgan fingerprint density at radius 1 is 0.491 bits per heavy atom. The molecule has 0 spiro atoms. The molecule has 0 radical (unpaired) electrons. The molecular weight excluding hydrogens is 683 g/mol. The van der Waals surface area contributed by atoms with Gasteiger partial charge in [-0.1, -0.05) is 97.4 Å². The van der Waals surface area contributed by atoms with E-state index < -0.39 is 0 Å². The number of aryl methyl sites for hydroxylation is 3. The number of fused-ring (bicyclic) bond motifs is 8. The average molecular weight is 739 g/mol. The number of thiophene rings is 1. The van der Waals surface area contributed by atoms with Crippen molar-refractivity contribution in [2.45, 2.75) is 124 Å². The number of nitrogens with zero attached hydrogens (tertiary/aromatic N) is 2. The fraction of sp³-hybridized carbons (Fsp3) is 0.373. The summed E-state index contributed by atoms with van der Waals surface area (Å²) in [5, 5.41) is 1.35. The summed E-state index contributed by atoms with van der Waals surface area (Å²) in [7, 11) is 0. The van der Waals surface area contributed by atoms with Gasteiger partial charge in [0.15, 0.2) is 0 Å². The molecule has 5 aromatic carbocycles. The first-order valence-electron chi connectivity index (χ1n) is 20.6. The standard InChI is InChI=1S/C51H55BN2S/c1-30-12-15-33(16-13-30)54-43-25-32(3)24-42-45(43)52(47-46(54)35-18-14-31(2)26-44(35)55-47)40-28-38-39(51(10,11)23-22-50(38,8)9)29-41(40)53(42)34-17-19-36-37(27-34)49(6,7)21-20-48(36,4)5/h12-19,24-29H,20-23H2,1-11H3. The number of hydrogen-bond acceptors (Lipinski definition) is 3. The van der Waals surface area contributed by atoms with Crippen molar-refractivity contribution in [3.63, 3.8) is 0 Å². The quantitative estimate of drug-likeness (QED) is 0.163. The van der Waals surface area contributed by atoms with Gasteiger partial charge in [0.05, 0.1) is 5.69 Å². The third-order valence-electron chi connectivity index (χ3n) is 14.3. The molecule has 0 amide bonds. The minimum Gasteiger partial charge on any atom is -0.311 e. The fourth-order valence-electron chi connectivity index (χ4n) is 10.7. The van der Waals surface area contributed by atoms with Gasteiger partial charge in [-0.2, -0.15) is 0 Å². The summed E-state index contributed by atoms with van der Waals surface area (Å²) in [5.74, 6) is 0. The summed E-state index contributed by atoms with van der Waals surface area (Å²) in [6, 6.07) is 34.1. The van der Waals surface area contributed by atoms with Gasteiger partial charge >= 0.3 is 0 Å². The topological polar surface area (TPSA) is 6.48 Å². The van der Waals surface area contributed by atoms with Crippen molar-refractivity contribution in [3.05, 3.63) is 124 Å². The van der Waals surface area contributed by atoms with Crippen molar-refractivity contribution in [1.82, 2.24) is 0 Å². The number of benzene rings is 5. The van der Waals surface area contributed by atoms with Gasteiger partial charge < -0.3 is 9.80 Å². The van der Waals surface area contributed by atoms with E-state index >= 15 is 0 Å². The summed E-state index contributed by atoms with van der Waals surface area (Å²) >= 11 is 2.01. The van der Waals surface area contributed by atoms with Crippen molar-refractivity contribution < 1.29 is 0 Å². The molecule has 0 bridgehead atoms. The smallest absolute Gasteiger partial charge is 0.264 e. The largest absolute Gasteiger partial charge is 0.311 e. The van der Waals surface area contributed by atoms with Crippen LogP contribution in [0.2, 0.25) is 0 Å². The van der Waals surface area contributed by atoms with Crippen LogP contribution in [-0.4, -0.2) is 6.71 Å². The molecule has 2 aliphatic heterocycles. The van der Waals surface area contributed by atoms with Crippen molar-refractivity contribution in [2.75, 3.05) is 9.80 Å². The van der Waals surface area contributed by atoms with Gasteiger partial charge in [-0.15, -0.1) is 11.3 Å². The lowest BCUT2D eigenvalue weighted by Gasteiger charge is -2.47. The van der Waals surface area contributed by atoms with Gasteiger partial charge in [0.2, 0.25) is 0 Å². The van der Waals surface area contributed by atoms with Crippen LogP contribution in [0.1, 0.15) is 120 Å². The maximum Gasteiger partial charge on any atom is 0.264 e. The van der Waals surface area contributed by atoms with Crippen LogP contribution in [0.5, 0.6) is 0 Å². The highest BCUT2D eigenvalue weighted by Gasteiger charge is 2.48. The zero-order valence-electron chi connectivity index (χ0n) is 34.8. The van der Waals surface area contributed by atoms with Crippen LogP contribution >= 0.6 is 11.3 Å². The number of hydrogen-bond donors (Lipinski definition) is 0. The summed E-state index contributed by atoms with van der Waals surface area (Å²) < 4.78 is 2.83. The van der Waals surface area contributed by atoms with E-state index in [0.29, 0.717) is 0 Å². The Bertz CT molecular complexity index is 2600. The van der Waals surface area contributed by atoms with Crippen LogP contribution in [-0.2, 0) is 21.7 Å². The molecule has 0 fully saturated rings. The Kier molecular flexibility index (Phi) is 7.29. The van der Waals surface area contributed by atoms with Crippen LogP contribution in [0, 0.1) is 20.8 Å². The fourth-order valence-corrected chi connectivity index (χ4v) is 12.2. The van der Waals surface area contributed by atoms with Crippen LogP contribution < -0.4 is 25.5 Å². The zero-order valence-corrected chi connectivity index (χ0v) is 35.6. The summed E-state index contributed by atoms with van der Waals surface area (Å²) in [6.45, 7) is 26.6. The summed E-state index contributed by atoms with van der Waals surface area (Å²) in [5.41, 5.74) is 21.2. The molecule has 10 rings (SSSR count). The van der Waals surface area contributed by atoms with Crippen molar-refractivity contribution in [1.29, 1.82) is 0 Å². The lowest BCUT2D eigenvalue weighted by atomic mass is 9.35. The summed E-state index contributed by atoms with van der Waals surface area (Å²) in [6.07, 6.45) is 4.81. The number of rotatable bonds is 2. The zero-order chi connectivity index (χ0) is 38.6. The van der Waals surface area contributed by atoms with Crippen LogP contribution in [0.25, 0.3) is 10.1 Å². The molecular formula is C51H55BN2S. The van der Waals surface area contributed by atoms with E-state index in [2.05, 4.69) is 171 Å². The van der Waals surface area contributed by atoms with E-state index in [1.165, 1.54) is 125 Å². The second-order valence-corrected chi connectivity index (χ2v) is 21.3. The SMILES string of the molecule is Cc1ccc(N2c3cc(C)cc4c3B(c3cc5c(cc3N4c3ccc4c(c3)C(C)(C)CCC4(C)C)C(C)(C)CCC5(C)C)c3sc4cc(C)ccc4c32)cc1. The average Bonchev–Trinajstić information content (AvgIpc) is 3.50. The molecule has 2 aliphatic carbocycles. The molecule has 55 heavy (non-hydrogen) atoms. The molecule has 4 heteroatoms. The van der Waals surface area contributed by atoms with Gasteiger partial charge in [-0.25, -0.2) is 0 Å². The van der Waals surface area contributed by atoms with E-state index in [1.54, 1.807) is 0 Å². The van der Waals surface area contributed by atoms with Gasteiger partial charge in [0, 0.05) is 43.3 Å². The first kappa shape index (κ1) is 35.2. The Morgan fingerprint density at radius 3 is 1.69 bits per heavy atom. The Balaban J connectivity index is 1.34. The Hall–Kier alpha value is -4.28. The lowest BCUT2D eigenvalue weighted by molar-refractivity contribution is 0.332. The predicted octanol–water partition coefficient (Wildman–Crippen LogP) is 12.6. The molecule has 0 N–H and O–H groups in total. The van der Waals surface area contributed by atoms with Gasteiger partial charge in [-0.05, 0) is 161 Å². The van der Waals surface area contributed by atoms with Gasteiger partial charge in [0.1, 0.15) is 0 Å². The first-order chi connectivity index (χ1) is 25.9. The van der Waals surface area contributed by atoms with Crippen molar-refractivity contribution in [3.8, 4) is 0 Å². The Labute approximate surface area is 333 Å². The van der Waals surface area contributed by atoms with Gasteiger partial charge in [0.25, 0.3) is 6.71 Å². The second kappa shape index (κ2) is 11.4. The van der Waals surface area contributed by atoms with Crippen LogP contribution in [0.4, 0.5) is 34.1 Å². The lowest BCUT2D eigenvalue weighted by Crippen LogP contribution is -2.61.